The molecule has 1 N–H and O–H groups in total. The molecule has 0 heterocycles. The van der Waals surface area contributed by atoms with Gasteiger partial charge in [0, 0.05) is 12.7 Å². The Labute approximate surface area is 107 Å². The lowest BCUT2D eigenvalue weighted by atomic mass is 10.0. The lowest BCUT2D eigenvalue weighted by Gasteiger charge is -2.17. The maximum atomic E-state index is 11.6. The Bertz CT molecular complexity index is 423. The summed E-state index contributed by atoms with van der Waals surface area (Å²) in [6, 6.07) is 7.63. The lowest BCUT2D eigenvalue weighted by Crippen LogP contribution is -2.28. The molecule has 0 aliphatic carbocycles. The highest BCUT2D eigenvalue weighted by atomic mass is 16.4. The van der Waals surface area contributed by atoms with Gasteiger partial charge in [-0.25, -0.2) is 0 Å². The fraction of sp³-hybridized carbons (Fsp3) is 0.429. The number of carboxylic acid groups (broad SMARTS) is 1. The molecule has 1 rings (SSSR count). The fourth-order valence-electron chi connectivity index (χ4n) is 1.72. The van der Waals surface area contributed by atoms with Gasteiger partial charge in [0.1, 0.15) is 6.42 Å². The molecule has 0 radical (unpaired) electrons. The third-order valence-corrected chi connectivity index (χ3v) is 2.64. The molecule has 1 amide bonds. The number of amides is 1. The van der Waals surface area contributed by atoms with Crippen molar-refractivity contribution in [1.82, 2.24) is 0 Å². The van der Waals surface area contributed by atoms with Crippen molar-refractivity contribution in [2.45, 2.75) is 26.7 Å². The van der Waals surface area contributed by atoms with Crippen molar-refractivity contribution >= 4 is 17.6 Å². The number of hydrogen-bond acceptors (Lipinski definition) is 2. The van der Waals surface area contributed by atoms with Gasteiger partial charge in [-0.3, -0.25) is 9.59 Å². The summed E-state index contributed by atoms with van der Waals surface area (Å²) in [5.41, 5.74) is 1.93. The van der Waals surface area contributed by atoms with Crippen LogP contribution in [-0.2, 0) is 16.0 Å². The molecule has 0 bridgehead atoms. The van der Waals surface area contributed by atoms with E-state index in [9.17, 15) is 9.59 Å². The molecule has 1 aromatic carbocycles. The van der Waals surface area contributed by atoms with Crippen molar-refractivity contribution < 1.29 is 14.7 Å². The molecule has 0 atom stereocenters. The van der Waals surface area contributed by atoms with Crippen LogP contribution in [0.25, 0.3) is 0 Å². The van der Waals surface area contributed by atoms with Crippen LogP contribution < -0.4 is 4.90 Å². The number of carboxylic acids is 1. The maximum absolute atomic E-state index is 11.6. The highest BCUT2D eigenvalue weighted by Crippen LogP contribution is 2.16. The summed E-state index contributed by atoms with van der Waals surface area (Å²) in [5, 5.41) is 8.58. The molecule has 0 aliphatic rings. The number of hydrogen-bond donors (Lipinski definition) is 1. The van der Waals surface area contributed by atoms with Gasteiger partial charge in [0.05, 0.1) is 0 Å². The number of carbonyl (C=O) groups excluding carboxylic acids is 1. The summed E-state index contributed by atoms with van der Waals surface area (Å²) in [5.74, 6) is -0.940. The topological polar surface area (TPSA) is 57.6 Å². The first-order valence-electron chi connectivity index (χ1n) is 5.97. The number of nitrogens with zero attached hydrogens (tertiary/aromatic N) is 1. The van der Waals surface area contributed by atoms with E-state index in [0.29, 0.717) is 11.6 Å². The van der Waals surface area contributed by atoms with Gasteiger partial charge in [-0.1, -0.05) is 26.0 Å². The van der Waals surface area contributed by atoms with E-state index in [0.717, 1.165) is 6.42 Å². The number of anilines is 1. The second kappa shape index (κ2) is 6.19. The Balaban J connectivity index is 2.72. The van der Waals surface area contributed by atoms with E-state index in [1.807, 2.05) is 24.3 Å². The molecule has 0 aliphatic heterocycles. The molecule has 18 heavy (non-hydrogen) atoms. The Kier molecular flexibility index (Phi) is 4.89. The number of aliphatic carboxylic acids is 1. The summed E-state index contributed by atoms with van der Waals surface area (Å²) in [4.78, 5) is 23.4. The van der Waals surface area contributed by atoms with Crippen LogP contribution >= 0.6 is 0 Å². The van der Waals surface area contributed by atoms with Gasteiger partial charge in [0.15, 0.2) is 0 Å². The predicted octanol–water partition coefficient (Wildman–Crippen LogP) is 2.32. The van der Waals surface area contributed by atoms with Crippen molar-refractivity contribution in [2.24, 2.45) is 5.92 Å². The zero-order valence-corrected chi connectivity index (χ0v) is 11.0. The summed E-state index contributed by atoms with van der Waals surface area (Å²) < 4.78 is 0. The fourth-order valence-corrected chi connectivity index (χ4v) is 1.72. The van der Waals surface area contributed by atoms with Gasteiger partial charge in [0.25, 0.3) is 0 Å². The summed E-state index contributed by atoms with van der Waals surface area (Å²) in [6.07, 6.45) is 0.511. The van der Waals surface area contributed by atoms with Crippen molar-refractivity contribution in [2.75, 3.05) is 11.9 Å². The summed E-state index contributed by atoms with van der Waals surface area (Å²) in [7, 11) is 1.59. The number of benzene rings is 1. The first-order chi connectivity index (χ1) is 8.40. The molecule has 0 fully saturated rings. The normalized spacial score (nSPS) is 10.4. The van der Waals surface area contributed by atoms with Gasteiger partial charge in [-0.15, -0.1) is 0 Å². The number of rotatable bonds is 5. The van der Waals surface area contributed by atoms with Crippen LogP contribution in [0, 0.1) is 5.92 Å². The highest BCUT2D eigenvalue weighted by Gasteiger charge is 2.14. The van der Waals surface area contributed by atoms with E-state index in [2.05, 4.69) is 13.8 Å². The molecular weight excluding hydrogens is 230 g/mol. The molecule has 0 saturated carbocycles. The first kappa shape index (κ1) is 14.2. The van der Waals surface area contributed by atoms with Gasteiger partial charge in [-0.2, -0.15) is 0 Å². The molecule has 98 valence electrons. The van der Waals surface area contributed by atoms with E-state index in [4.69, 9.17) is 5.11 Å². The van der Waals surface area contributed by atoms with Crippen molar-refractivity contribution in [3.63, 3.8) is 0 Å². The van der Waals surface area contributed by atoms with Crippen molar-refractivity contribution in [3.8, 4) is 0 Å². The molecular formula is C14H19NO3. The highest BCUT2D eigenvalue weighted by molar-refractivity contribution is 6.02. The molecule has 4 nitrogen and oxygen atoms in total. The standard InChI is InChI=1S/C14H19NO3/c1-10(2)8-11-4-6-12(7-5-11)15(3)13(16)9-14(17)18/h4-7,10H,8-9H2,1-3H3,(H,17,18). The van der Waals surface area contributed by atoms with E-state index in [1.54, 1.807) is 7.05 Å². The second-order valence-corrected chi connectivity index (χ2v) is 4.79. The summed E-state index contributed by atoms with van der Waals surface area (Å²) in [6.45, 7) is 4.30. The van der Waals surface area contributed by atoms with Crippen LogP contribution in [0.5, 0.6) is 0 Å². The van der Waals surface area contributed by atoms with Crippen LogP contribution in [0.3, 0.4) is 0 Å². The van der Waals surface area contributed by atoms with E-state index in [-0.39, 0.29) is 0 Å². The lowest BCUT2D eigenvalue weighted by molar-refractivity contribution is -0.140. The molecule has 4 heteroatoms. The minimum Gasteiger partial charge on any atom is -0.481 e. The molecule has 1 aromatic rings. The predicted molar refractivity (Wildman–Crippen MR) is 70.6 cm³/mol. The van der Waals surface area contributed by atoms with E-state index >= 15 is 0 Å². The first-order valence-corrected chi connectivity index (χ1v) is 5.97. The second-order valence-electron chi connectivity index (χ2n) is 4.79. The van der Waals surface area contributed by atoms with Crippen LogP contribution in [0.2, 0.25) is 0 Å². The third-order valence-electron chi connectivity index (χ3n) is 2.64. The Morgan fingerprint density at radius 1 is 1.22 bits per heavy atom. The zero-order chi connectivity index (χ0) is 13.7. The number of carbonyl (C=O) groups is 2. The maximum Gasteiger partial charge on any atom is 0.312 e. The Hall–Kier alpha value is -1.84. The molecule has 0 spiro atoms. The van der Waals surface area contributed by atoms with Crippen molar-refractivity contribution in [1.29, 1.82) is 0 Å². The zero-order valence-electron chi connectivity index (χ0n) is 11.0. The largest absolute Gasteiger partial charge is 0.481 e. The van der Waals surface area contributed by atoms with Crippen LogP contribution in [-0.4, -0.2) is 24.0 Å². The monoisotopic (exact) mass is 249 g/mol. The molecule has 0 saturated heterocycles. The van der Waals surface area contributed by atoms with Gasteiger partial charge in [-0.05, 0) is 30.0 Å². The molecule has 0 aromatic heterocycles. The average Bonchev–Trinajstić information content (AvgIpc) is 2.27. The molecule has 0 unspecified atom stereocenters. The minimum atomic E-state index is -1.11. The Morgan fingerprint density at radius 3 is 2.22 bits per heavy atom. The third kappa shape index (κ3) is 4.20. The minimum absolute atomic E-state index is 0.417. The summed E-state index contributed by atoms with van der Waals surface area (Å²) >= 11 is 0. The van der Waals surface area contributed by atoms with Crippen LogP contribution in [0.15, 0.2) is 24.3 Å². The average molecular weight is 249 g/mol. The van der Waals surface area contributed by atoms with Gasteiger partial charge < -0.3 is 10.0 Å². The van der Waals surface area contributed by atoms with Crippen molar-refractivity contribution in [3.05, 3.63) is 29.8 Å². The van der Waals surface area contributed by atoms with E-state index < -0.39 is 18.3 Å². The quantitative estimate of drug-likeness (QED) is 0.815. The van der Waals surface area contributed by atoms with E-state index in [1.165, 1.54) is 10.5 Å². The SMILES string of the molecule is CC(C)Cc1ccc(N(C)C(=O)CC(=O)O)cc1. The smallest absolute Gasteiger partial charge is 0.312 e. The van der Waals surface area contributed by atoms with Crippen LogP contribution in [0.1, 0.15) is 25.8 Å². The Morgan fingerprint density at radius 2 is 1.78 bits per heavy atom. The van der Waals surface area contributed by atoms with Gasteiger partial charge in [0.2, 0.25) is 5.91 Å². The van der Waals surface area contributed by atoms with Crippen LogP contribution in [0.4, 0.5) is 5.69 Å². The van der Waals surface area contributed by atoms with Gasteiger partial charge >= 0.3 is 5.97 Å².